The van der Waals surface area contributed by atoms with Crippen LogP contribution in [0.5, 0.6) is 0 Å². The molecule has 0 aliphatic heterocycles. The highest BCUT2D eigenvalue weighted by atomic mass is 32.1. The molecule has 1 aromatic carbocycles. The molecule has 2 aromatic rings. The minimum atomic E-state index is -0.565. The van der Waals surface area contributed by atoms with E-state index in [9.17, 15) is 14.0 Å². The van der Waals surface area contributed by atoms with Gasteiger partial charge < -0.3 is 10.1 Å². The van der Waals surface area contributed by atoms with E-state index in [2.05, 4.69) is 5.32 Å². The summed E-state index contributed by atoms with van der Waals surface area (Å²) in [5.74, 6) is -1.59. The summed E-state index contributed by atoms with van der Waals surface area (Å²) in [7, 11) is 0. The molecule has 1 aliphatic carbocycles. The summed E-state index contributed by atoms with van der Waals surface area (Å²) in [4.78, 5) is 25.5. The lowest BCUT2D eigenvalue weighted by Crippen LogP contribution is -2.21. The van der Waals surface area contributed by atoms with Crippen molar-refractivity contribution in [2.45, 2.75) is 26.2 Å². The Hall–Kier alpha value is -2.21. The molecule has 3 rings (SSSR count). The molecule has 1 aromatic heterocycles. The van der Waals surface area contributed by atoms with Crippen LogP contribution >= 0.6 is 11.3 Å². The molecule has 0 bridgehead atoms. The Morgan fingerprint density at radius 2 is 2.13 bits per heavy atom. The number of benzene rings is 1. The number of thiophene rings is 1. The number of fused-ring (bicyclic) bond motifs is 1. The van der Waals surface area contributed by atoms with E-state index in [0.29, 0.717) is 4.88 Å². The van der Waals surface area contributed by atoms with Crippen LogP contribution in [0.1, 0.15) is 32.1 Å². The Bertz CT molecular complexity index is 748. The van der Waals surface area contributed by atoms with Crippen molar-refractivity contribution in [2.75, 3.05) is 11.9 Å². The lowest BCUT2D eigenvalue weighted by Gasteiger charge is -2.07. The third-order valence-electron chi connectivity index (χ3n) is 3.68. The molecule has 0 saturated carbocycles. The second-order valence-corrected chi connectivity index (χ2v) is 6.66. The van der Waals surface area contributed by atoms with Gasteiger partial charge in [-0.1, -0.05) is 6.07 Å². The Balaban J connectivity index is 1.54. The molecule has 1 heterocycles. The largest absolute Gasteiger partial charge is 0.451 e. The van der Waals surface area contributed by atoms with Crippen molar-refractivity contribution in [3.8, 4) is 0 Å². The number of hydrogen-bond acceptors (Lipinski definition) is 4. The Labute approximate surface area is 137 Å². The van der Waals surface area contributed by atoms with Gasteiger partial charge in [0.2, 0.25) is 0 Å². The molecule has 1 N–H and O–H groups in total. The monoisotopic (exact) mass is 333 g/mol. The fourth-order valence-corrected chi connectivity index (χ4v) is 3.69. The molecule has 0 spiro atoms. The van der Waals surface area contributed by atoms with Crippen molar-refractivity contribution < 1.29 is 18.7 Å². The van der Waals surface area contributed by atoms with E-state index in [1.165, 1.54) is 33.9 Å². The summed E-state index contributed by atoms with van der Waals surface area (Å²) in [5.41, 5.74) is 2.04. The first-order valence-corrected chi connectivity index (χ1v) is 8.19. The van der Waals surface area contributed by atoms with Crippen LogP contribution in [0, 0.1) is 12.7 Å². The Morgan fingerprint density at radius 3 is 2.87 bits per heavy atom. The molecule has 0 atom stereocenters. The molecule has 0 unspecified atom stereocenters. The van der Waals surface area contributed by atoms with Crippen molar-refractivity contribution >= 4 is 28.9 Å². The average Bonchev–Trinajstić information content (AvgIpc) is 3.09. The van der Waals surface area contributed by atoms with Gasteiger partial charge in [0.15, 0.2) is 6.61 Å². The summed E-state index contributed by atoms with van der Waals surface area (Å²) in [6.45, 7) is 1.32. The van der Waals surface area contributed by atoms with Crippen molar-refractivity contribution in [1.82, 2.24) is 0 Å². The maximum absolute atomic E-state index is 13.6. The molecular formula is C17H16FNO3S. The molecule has 6 heteroatoms. The zero-order valence-corrected chi connectivity index (χ0v) is 13.5. The lowest BCUT2D eigenvalue weighted by molar-refractivity contribution is -0.119. The molecule has 4 nitrogen and oxygen atoms in total. The number of anilines is 1. The van der Waals surface area contributed by atoms with Crippen molar-refractivity contribution in [1.29, 1.82) is 0 Å². The zero-order valence-electron chi connectivity index (χ0n) is 12.6. The van der Waals surface area contributed by atoms with Gasteiger partial charge in [-0.3, -0.25) is 4.79 Å². The van der Waals surface area contributed by atoms with Crippen molar-refractivity contribution in [2.24, 2.45) is 0 Å². The maximum atomic E-state index is 13.6. The Morgan fingerprint density at radius 1 is 1.30 bits per heavy atom. The summed E-state index contributed by atoms with van der Waals surface area (Å²) in [6.07, 6.45) is 3.12. The van der Waals surface area contributed by atoms with Crippen LogP contribution < -0.4 is 5.32 Å². The topological polar surface area (TPSA) is 55.4 Å². The summed E-state index contributed by atoms with van der Waals surface area (Å²) >= 11 is 1.42. The first kappa shape index (κ1) is 15.7. The molecule has 0 radical (unpaired) electrons. The minimum Gasteiger partial charge on any atom is -0.451 e. The number of carbonyl (C=O) groups excluding carboxylic acids is 2. The van der Waals surface area contributed by atoms with Crippen LogP contribution in [0.4, 0.5) is 10.1 Å². The number of ether oxygens (including phenoxy) is 1. The molecule has 120 valence electrons. The van der Waals surface area contributed by atoms with E-state index >= 15 is 0 Å². The van der Waals surface area contributed by atoms with Crippen LogP contribution in [-0.2, 0) is 22.4 Å². The van der Waals surface area contributed by atoms with E-state index in [0.717, 1.165) is 24.8 Å². The van der Waals surface area contributed by atoms with Crippen LogP contribution in [0.15, 0.2) is 24.3 Å². The molecule has 1 amide bonds. The fourth-order valence-electron chi connectivity index (χ4n) is 2.54. The number of rotatable bonds is 4. The highest BCUT2D eigenvalue weighted by Crippen LogP contribution is 2.30. The number of amides is 1. The maximum Gasteiger partial charge on any atom is 0.348 e. The minimum absolute atomic E-state index is 0.0757. The average molecular weight is 333 g/mol. The number of halogens is 1. The standard InChI is InChI=1S/C17H16FNO3S/c1-10-5-6-13(12(18)7-10)19-16(20)9-22-17(21)15-8-11-3-2-4-14(11)23-15/h5-8H,2-4,9H2,1H3,(H,19,20). The molecule has 0 saturated heterocycles. The quantitative estimate of drug-likeness (QED) is 0.872. The van der Waals surface area contributed by atoms with E-state index in [1.54, 1.807) is 13.0 Å². The van der Waals surface area contributed by atoms with Gasteiger partial charge in [-0.2, -0.15) is 0 Å². The van der Waals surface area contributed by atoms with Crippen molar-refractivity contribution in [3.05, 3.63) is 51.0 Å². The number of nitrogens with one attached hydrogen (secondary N) is 1. The first-order valence-electron chi connectivity index (χ1n) is 7.37. The van der Waals surface area contributed by atoms with Gasteiger partial charge in [0.05, 0.1) is 5.69 Å². The summed E-state index contributed by atoms with van der Waals surface area (Å²) < 4.78 is 18.6. The molecular weight excluding hydrogens is 317 g/mol. The highest BCUT2D eigenvalue weighted by Gasteiger charge is 2.20. The van der Waals surface area contributed by atoms with Gasteiger partial charge in [0.25, 0.3) is 5.91 Å². The van der Waals surface area contributed by atoms with Gasteiger partial charge in [0.1, 0.15) is 10.7 Å². The number of esters is 1. The SMILES string of the molecule is Cc1ccc(NC(=O)COC(=O)c2cc3c(s2)CCC3)c(F)c1. The number of hydrogen-bond donors (Lipinski definition) is 1. The summed E-state index contributed by atoms with van der Waals surface area (Å²) in [5, 5.41) is 2.40. The number of carbonyl (C=O) groups is 2. The molecule has 0 fully saturated rings. The zero-order chi connectivity index (χ0) is 16.4. The summed E-state index contributed by atoms with van der Waals surface area (Å²) in [6, 6.07) is 6.34. The second-order valence-electron chi connectivity index (χ2n) is 5.52. The molecule has 1 aliphatic rings. The van der Waals surface area contributed by atoms with Crippen LogP contribution in [0.3, 0.4) is 0 Å². The van der Waals surface area contributed by atoms with Gasteiger partial charge in [-0.25, -0.2) is 9.18 Å². The third-order valence-corrected chi connectivity index (χ3v) is 4.90. The van der Waals surface area contributed by atoms with Crippen molar-refractivity contribution in [3.63, 3.8) is 0 Å². The van der Waals surface area contributed by atoms with Gasteiger partial charge >= 0.3 is 5.97 Å². The van der Waals surface area contributed by atoms with E-state index in [4.69, 9.17) is 4.74 Å². The highest BCUT2D eigenvalue weighted by molar-refractivity contribution is 7.14. The third kappa shape index (κ3) is 3.59. The molecule has 23 heavy (non-hydrogen) atoms. The Kier molecular flexibility index (Phi) is 4.43. The number of aryl methyl sites for hydroxylation is 3. The van der Waals surface area contributed by atoms with Gasteiger partial charge in [0, 0.05) is 4.88 Å². The lowest BCUT2D eigenvalue weighted by atomic mass is 10.2. The van der Waals surface area contributed by atoms with Gasteiger partial charge in [-0.05, 0) is 55.5 Å². The van der Waals surface area contributed by atoms with E-state index in [1.807, 2.05) is 6.07 Å². The van der Waals surface area contributed by atoms with E-state index in [-0.39, 0.29) is 5.69 Å². The van der Waals surface area contributed by atoms with E-state index < -0.39 is 24.3 Å². The van der Waals surface area contributed by atoms with Crippen LogP contribution in [-0.4, -0.2) is 18.5 Å². The van der Waals surface area contributed by atoms with Crippen LogP contribution in [0.2, 0.25) is 0 Å². The second kappa shape index (κ2) is 6.50. The smallest absolute Gasteiger partial charge is 0.348 e. The predicted molar refractivity (Wildman–Crippen MR) is 86.4 cm³/mol. The first-order chi connectivity index (χ1) is 11.0. The fraction of sp³-hybridized carbons (Fsp3) is 0.294. The van der Waals surface area contributed by atoms with Crippen LogP contribution in [0.25, 0.3) is 0 Å². The predicted octanol–water partition coefficient (Wildman–Crippen LogP) is 3.48. The van der Waals surface area contributed by atoms with Gasteiger partial charge in [-0.15, -0.1) is 11.3 Å². The normalized spacial score (nSPS) is 12.8.